The van der Waals surface area contributed by atoms with Gasteiger partial charge in [-0.15, -0.1) is 6.42 Å². The van der Waals surface area contributed by atoms with Crippen LogP contribution in [0, 0.1) is 23.5 Å². The molecule has 2 aliphatic heterocycles. The van der Waals surface area contributed by atoms with Crippen LogP contribution >= 0.6 is 0 Å². The molecule has 2 aromatic rings. The van der Waals surface area contributed by atoms with Crippen molar-refractivity contribution >= 4 is 29.2 Å². The van der Waals surface area contributed by atoms with Gasteiger partial charge in [-0.25, -0.2) is 4.79 Å². The Morgan fingerprint density at radius 3 is 2.47 bits per heavy atom. The van der Waals surface area contributed by atoms with Crippen LogP contribution < -0.4 is 10.6 Å². The van der Waals surface area contributed by atoms with Crippen molar-refractivity contribution in [3.05, 3.63) is 93.0 Å². The molecule has 9 nitrogen and oxygen atoms in total. The van der Waals surface area contributed by atoms with E-state index < -0.39 is 29.6 Å². The topological polar surface area (TPSA) is 123 Å². The predicted molar refractivity (Wildman–Crippen MR) is 143 cm³/mol. The van der Waals surface area contributed by atoms with Crippen LogP contribution in [0.25, 0.3) is 0 Å². The van der Waals surface area contributed by atoms with Gasteiger partial charge in [-0.2, -0.15) is 5.10 Å². The number of terminal acetylenes is 1. The molecular formula is C29H27N4O5-. The number of dihydropyridines is 1. The lowest BCUT2D eigenvalue weighted by molar-refractivity contribution is -0.136. The number of benzene rings is 2. The molecule has 0 aromatic heterocycles. The molecule has 9 heteroatoms. The summed E-state index contributed by atoms with van der Waals surface area (Å²) in [7, 11) is 1.29. The Morgan fingerprint density at radius 1 is 1.16 bits per heavy atom. The molecule has 2 N–H and O–H groups in total. The van der Waals surface area contributed by atoms with E-state index in [9.17, 15) is 19.6 Å². The van der Waals surface area contributed by atoms with Crippen LogP contribution in [0.15, 0.2) is 76.2 Å². The summed E-state index contributed by atoms with van der Waals surface area (Å²) < 4.78 is 5.05. The molecule has 0 fully saturated rings. The van der Waals surface area contributed by atoms with Gasteiger partial charge in [-0.1, -0.05) is 37.1 Å². The molecule has 2 heterocycles. The summed E-state index contributed by atoms with van der Waals surface area (Å²) in [5.74, 6) is -0.110. The molecule has 0 bridgehead atoms. The van der Waals surface area contributed by atoms with Gasteiger partial charge >= 0.3 is 5.97 Å². The average molecular weight is 512 g/mol. The van der Waals surface area contributed by atoms with Gasteiger partial charge < -0.3 is 25.7 Å². The molecule has 0 aliphatic carbocycles. The number of rotatable bonds is 5. The van der Waals surface area contributed by atoms with Gasteiger partial charge in [0.15, 0.2) is 0 Å². The Kier molecular flexibility index (Phi) is 7.46. The van der Waals surface area contributed by atoms with E-state index >= 15 is 0 Å². The Morgan fingerprint density at radius 2 is 1.84 bits per heavy atom. The number of hydroxylamine groups is 1. The van der Waals surface area contributed by atoms with E-state index in [-0.39, 0.29) is 5.17 Å². The van der Waals surface area contributed by atoms with Gasteiger partial charge in [0, 0.05) is 40.6 Å². The van der Waals surface area contributed by atoms with Crippen LogP contribution in [-0.2, 0) is 19.1 Å². The lowest BCUT2D eigenvalue weighted by Crippen LogP contribution is -2.34. The largest absolute Gasteiger partial charge is 0.735 e. The van der Waals surface area contributed by atoms with Crippen LogP contribution in [0.2, 0.25) is 0 Å². The number of amides is 2. The highest BCUT2D eigenvalue weighted by molar-refractivity contribution is 6.09. The standard InChI is InChI=1S/C29H27N4O5/c1-6-19-8-7-9-21(15-19)26-24(17(3)30-18(4)25(26)29(36)38-5)27(34)31-22-12-10-20(11-13-22)23-14-16(2)28(35)33(37)32-23/h1,7-13,15-16,26,30H,14H2,2-5H3,(H,31,34)/q-1. The van der Waals surface area contributed by atoms with Crippen LogP contribution in [-0.4, -0.2) is 35.8 Å². The molecule has 0 spiro atoms. The van der Waals surface area contributed by atoms with Crippen molar-refractivity contribution in [3.63, 3.8) is 0 Å². The second-order valence-electron chi connectivity index (χ2n) is 9.19. The highest BCUT2D eigenvalue weighted by Crippen LogP contribution is 2.39. The average Bonchev–Trinajstić information content (AvgIpc) is 2.91. The molecule has 2 aromatic carbocycles. The number of ether oxygens (including phenoxy) is 1. The number of methoxy groups -OCH3 is 1. The van der Waals surface area contributed by atoms with Gasteiger partial charge in [0.1, 0.15) is 0 Å². The Labute approximate surface area is 220 Å². The van der Waals surface area contributed by atoms with E-state index in [1.807, 2.05) is 6.07 Å². The maximum absolute atomic E-state index is 13.7. The third kappa shape index (κ3) is 5.08. The number of hydrogen-bond acceptors (Lipinski definition) is 7. The van der Waals surface area contributed by atoms with E-state index in [1.165, 1.54) is 7.11 Å². The fraction of sp³-hybridized carbons (Fsp3) is 0.241. The number of nitrogens with one attached hydrogen (secondary N) is 2. The highest BCUT2D eigenvalue weighted by atomic mass is 16.5. The molecule has 2 aliphatic rings. The van der Waals surface area contributed by atoms with Crippen molar-refractivity contribution in [2.24, 2.45) is 11.0 Å². The number of hydrazone groups is 1. The van der Waals surface area contributed by atoms with Gasteiger partial charge in [0.05, 0.1) is 24.3 Å². The summed E-state index contributed by atoms with van der Waals surface area (Å²) in [6.07, 6.45) is 5.95. The van der Waals surface area contributed by atoms with E-state index in [1.54, 1.807) is 63.2 Å². The maximum Gasteiger partial charge on any atom is 0.336 e. The minimum absolute atomic E-state index is 0.119. The summed E-state index contributed by atoms with van der Waals surface area (Å²) in [4.78, 5) is 38.2. The van der Waals surface area contributed by atoms with Gasteiger partial charge in [0.25, 0.3) is 5.91 Å². The highest BCUT2D eigenvalue weighted by Gasteiger charge is 2.37. The summed E-state index contributed by atoms with van der Waals surface area (Å²) in [6, 6.07) is 14.0. The summed E-state index contributed by atoms with van der Waals surface area (Å²) in [6.45, 7) is 5.21. The summed E-state index contributed by atoms with van der Waals surface area (Å²) >= 11 is 0. The molecule has 2 unspecified atom stereocenters. The second kappa shape index (κ2) is 10.7. The van der Waals surface area contributed by atoms with Crippen molar-refractivity contribution in [3.8, 4) is 12.3 Å². The molecule has 4 rings (SSSR count). The number of hydrogen-bond donors (Lipinski definition) is 2. The monoisotopic (exact) mass is 511 g/mol. The summed E-state index contributed by atoms with van der Waals surface area (Å²) in [5, 5.41) is 21.8. The molecule has 0 radical (unpaired) electrons. The van der Waals surface area contributed by atoms with Crippen LogP contribution in [0.1, 0.15) is 49.8 Å². The zero-order chi connectivity index (χ0) is 27.6. The number of nitrogens with zero attached hydrogens (tertiary/aromatic N) is 2. The van der Waals surface area contributed by atoms with E-state index in [2.05, 4.69) is 21.7 Å². The molecule has 2 atom stereocenters. The number of anilines is 1. The molecule has 2 amide bonds. The first kappa shape index (κ1) is 26.4. The molecule has 0 saturated heterocycles. The SMILES string of the molecule is C#Cc1cccc(C2C(C(=O)Nc3ccc(C4=NN([O-])C(=O)C(C)C4)cc3)=C(C)NC(C)=C2C(=O)OC)c1. The normalized spacial score (nSPS) is 19.4. The van der Waals surface area contributed by atoms with E-state index in [0.717, 1.165) is 0 Å². The minimum Gasteiger partial charge on any atom is -0.735 e. The third-order valence-corrected chi connectivity index (χ3v) is 6.59. The maximum atomic E-state index is 13.7. The number of allylic oxidation sites excluding steroid dienone is 2. The first-order chi connectivity index (χ1) is 18.1. The fourth-order valence-corrected chi connectivity index (χ4v) is 4.70. The first-order valence-corrected chi connectivity index (χ1v) is 12.0. The fourth-order valence-electron chi connectivity index (χ4n) is 4.70. The van der Waals surface area contributed by atoms with Crippen molar-refractivity contribution < 1.29 is 19.1 Å². The smallest absolute Gasteiger partial charge is 0.336 e. The summed E-state index contributed by atoms with van der Waals surface area (Å²) in [5.41, 5.74) is 4.81. The van der Waals surface area contributed by atoms with Crippen molar-refractivity contribution in [1.82, 2.24) is 10.5 Å². The zero-order valence-corrected chi connectivity index (χ0v) is 21.5. The van der Waals surface area contributed by atoms with Crippen molar-refractivity contribution in [1.29, 1.82) is 0 Å². The minimum atomic E-state index is -0.713. The van der Waals surface area contributed by atoms with E-state index in [0.29, 0.717) is 57.1 Å². The molecule has 194 valence electrons. The molecule has 38 heavy (non-hydrogen) atoms. The van der Waals surface area contributed by atoms with Gasteiger partial charge in [0.2, 0.25) is 5.91 Å². The van der Waals surface area contributed by atoms with Crippen molar-refractivity contribution in [2.75, 3.05) is 12.4 Å². The van der Waals surface area contributed by atoms with Crippen LogP contribution in [0.4, 0.5) is 5.69 Å². The second-order valence-corrected chi connectivity index (χ2v) is 9.19. The van der Waals surface area contributed by atoms with E-state index in [4.69, 9.17) is 11.2 Å². The number of carbonyl (C=O) groups is 3. The third-order valence-electron chi connectivity index (χ3n) is 6.59. The lowest BCUT2D eigenvalue weighted by Gasteiger charge is -2.31. The van der Waals surface area contributed by atoms with Crippen LogP contribution in [0.5, 0.6) is 0 Å². The number of esters is 1. The molecule has 0 saturated carbocycles. The zero-order valence-electron chi connectivity index (χ0n) is 21.5. The Hall–Kier alpha value is -4.68. The Balaban J connectivity index is 1.66. The lowest BCUT2D eigenvalue weighted by atomic mass is 9.79. The van der Waals surface area contributed by atoms with Gasteiger partial charge in [-0.05, 0) is 49.2 Å². The predicted octanol–water partition coefficient (Wildman–Crippen LogP) is 3.78. The van der Waals surface area contributed by atoms with Crippen molar-refractivity contribution in [2.45, 2.75) is 33.1 Å². The van der Waals surface area contributed by atoms with Crippen LogP contribution in [0.3, 0.4) is 0 Å². The van der Waals surface area contributed by atoms with Gasteiger partial charge in [-0.3, -0.25) is 9.59 Å². The number of carbonyl (C=O) groups excluding carboxylic acids is 3. The first-order valence-electron chi connectivity index (χ1n) is 12.0. The quantitative estimate of drug-likeness (QED) is 0.465. The molecular weight excluding hydrogens is 484 g/mol. The Bertz CT molecular complexity index is 1450.